The number of carbonyl (C=O) groups is 1. The SMILES string of the molecule is C/C(=N\O)c1cccc(C(=O)O)c1. The van der Waals surface area contributed by atoms with Gasteiger partial charge in [-0.1, -0.05) is 17.3 Å². The summed E-state index contributed by atoms with van der Waals surface area (Å²) in [4.78, 5) is 10.6. The molecule has 0 bridgehead atoms. The van der Waals surface area contributed by atoms with Crippen LogP contribution in [0.15, 0.2) is 29.4 Å². The molecule has 13 heavy (non-hydrogen) atoms. The predicted octanol–water partition coefficient (Wildman–Crippen LogP) is 1.58. The van der Waals surface area contributed by atoms with Crippen LogP contribution >= 0.6 is 0 Å². The first kappa shape index (κ1) is 9.25. The zero-order valence-electron chi connectivity index (χ0n) is 7.06. The number of nitrogens with zero attached hydrogens (tertiary/aromatic N) is 1. The van der Waals surface area contributed by atoms with Crippen LogP contribution in [-0.2, 0) is 0 Å². The van der Waals surface area contributed by atoms with Crippen molar-refractivity contribution in [1.82, 2.24) is 0 Å². The van der Waals surface area contributed by atoms with E-state index in [0.717, 1.165) is 0 Å². The summed E-state index contributed by atoms with van der Waals surface area (Å²) in [5.41, 5.74) is 1.17. The van der Waals surface area contributed by atoms with Gasteiger partial charge < -0.3 is 10.3 Å². The Morgan fingerprint density at radius 2 is 2.00 bits per heavy atom. The number of benzene rings is 1. The highest BCUT2D eigenvalue weighted by atomic mass is 16.4. The van der Waals surface area contributed by atoms with Crippen LogP contribution in [0.1, 0.15) is 22.8 Å². The fourth-order valence-electron chi connectivity index (χ4n) is 0.935. The Morgan fingerprint density at radius 1 is 1.38 bits per heavy atom. The van der Waals surface area contributed by atoms with Gasteiger partial charge in [0.1, 0.15) is 0 Å². The molecule has 68 valence electrons. The van der Waals surface area contributed by atoms with Crippen molar-refractivity contribution in [2.45, 2.75) is 6.92 Å². The number of hydrogen-bond donors (Lipinski definition) is 2. The normalized spacial score (nSPS) is 11.3. The largest absolute Gasteiger partial charge is 0.478 e. The molecule has 2 N–H and O–H groups in total. The molecular formula is C9H9NO3. The van der Waals surface area contributed by atoms with Crippen LogP contribution in [0.5, 0.6) is 0 Å². The molecule has 0 saturated heterocycles. The van der Waals surface area contributed by atoms with Gasteiger partial charge in [0.05, 0.1) is 11.3 Å². The molecule has 4 heteroatoms. The van der Waals surface area contributed by atoms with E-state index in [-0.39, 0.29) is 5.56 Å². The molecule has 0 aliphatic heterocycles. The van der Waals surface area contributed by atoms with E-state index < -0.39 is 5.97 Å². The van der Waals surface area contributed by atoms with Crippen molar-refractivity contribution in [3.8, 4) is 0 Å². The second-order valence-electron chi connectivity index (χ2n) is 2.57. The maximum absolute atomic E-state index is 10.6. The van der Waals surface area contributed by atoms with Crippen molar-refractivity contribution in [2.24, 2.45) is 5.16 Å². The molecule has 0 radical (unpaired) electrons. The van der Waals surface area contributed by atoms with Crippen molar-refractivity contribution in [3.63, 3.8) is 0 Å². The number of rotatable bonds is 2. The topological polar surface area (TPSA) is 69.9 Å². The maximum atomic E-state index is 10.6. The summed E-state index contributed by atoms with van der Waals surface area (Å²) in [5, 5.41) is 20.1. The van der Waals surface area contributed by atoms with Crippen LogP contribution in [0.25, 0.3) is 0 Å². The summed E-state index contributed by atoms with van der Waals surface area (Å²) in [5.74, 6) is -0.993. The highest BCUT2D eigenvalue weighted by Crippen LogP contribution is 2.06. The van der Waals surface area contributed by atoms with Gasteiger partial charge in [0.2, 0.25) is 0 Å². The molecule has 4 nitrogen and oxygen atoms in total. The Hall–Kier alpha value is -1.84. The fraction of sp³-hybridized carbons (Fsp3) is 0.111. The standard InChI is InChI=1S/C9H9NO3/c1-6(10-13)7-3-2-4-8(5-7)9(11)12/h2-5,13H,1H3,(H,11,12)/b10-6+. The predicted molar refractivity (Wildman–Crippen MR) is 47.4 cm³/mol. The number of carboxylic acid groups (broad SMARTS) is 1. The minimum atomic E-state index is -0.993. The average Bonchev–Trinajstić information content (AvgIpc) is 2.17. The maximum Gasteiger partial charge on any atom is 0.335 e. The van der Waals surface area contributed by atoms with E-state index in [1.54, 1.807) is 19.1 Å². The molecule has 0 atom stereocenters. The van der Waals surface area contributed by atoms with Crippen LogP contribution in [0.4, 0.5) is 0 Å². The monoisotopic (exact) mass is 179 g/mol. The number of carboxylic acids is 1. The molecule has 0 unspecified atom stereocenters. The van der Waals surface area contributed by atoms with Crippen molar-refractivity contribution in [2.75, 3.05) is 0 Å². The Balaban J connectivity index is 3.13. The van der Waals surface area contributed by atoms with E-state index in [1.807, 2.05) is 0 Å². The van der Waals surface area contributed by atoms with Crippen LogP contribution < -0.4 is 0 Å². The van der Waals surface area contributed by atoms with Gasteiger partial charge in [-0.25, -0.2) is 4.79 Å². The molecule has 0 aliphatic carbocycles. The lowest BCUT2D eigenvalue weighted by molar-refractivity contribution is 0.0697. The summed E-state index contributed by atoms with van der Waals surface area (Å²) in [6.45, 7) is 1.60. The third kappa shape index (κ3) is 2.05. The number of aromatic carboxylic acids is 1. The first-order chi connectivity index (χ1) is 6.15. The quantitative estimate of drug-likeness (QED) is 0.411. The van der Waals surface area contributed by atoms with Crippen LogP contribution in [-0.4, -0.2) is 22.0 Å². The van der Waals surface area contributed by atoms with Crippen molar-refractivity contribution in [3.05, 3.63) is 35.4 Å². The highest BCUT2D eigenvalue weighted by Gasteiger charge is 2.04. The van der Waals surface area contributed by atoms with E-state index in [2.05, 4.69) is 5.16 Å². The summed E-state index contributed by atoms with van der Waals surface area (Å²) < 4.78 is 0. The smallest absolute Gasteiger partial charge is 0.335 e. The lowest BCUT2D eigenvalue weighted by Crippen LogP contribution is -2.00. The van der Waals surface area contributed by atoms with Crippen LogP contribution in [0.2, 0.25) is 0 Å². The van der Waals surface area contributed by atoms with Gasteiger partial charge in [-0.3, -0.25) is 0 Å². The molecule has 0 saturated carbocycles. The third-order valence-corrected chi connectivity index (χ3v) is 1.68. The molecule has 0 heterocycles. The first-order valence-corrected chi connectivity index (χ1v) is 3.67. The van der Waals surface area contributed by atoms with Gasteiger partial charge in [0.25, 0.3) is 0 Å². The van der Waals surface area contributed by atoms with Crippen LogP contribution in [0, 0.1) is 0 Å². The molecule has 1 aromatic rings. The summed E-state index contributed by atoms with van der Waals surface area (Å²) >= 11 is 0. The molecule has 1 rings (SSSR count). The zero-order valence-corrected chi connectivity index (χ0v) is 7.06. The lowest BCUT2D eigenvalue weighted by Gasteiger charge is -1.99. The molecular weight excluding hydrogens is 170 g/mol. The van der Waals surface area contributed by atoms with Gasteiger partial charge in [-0.15, -0.1) is 0 Å². The van der Waals surface area contributed by atoms with Crippen molar-refractivity contribution in [1.29, 1.82) is 0 Å². The van der Waals surface area contributed by atoms with Crippen LogP contribution in [0.3, 0.4) is 0 Å². The fourth-order valence-corrected chi connectivity index (χ4v) is 0.935. The van der Waals surface area contributed by atoms with Gasteiger partial charge in [0.15, 0.2) is 0 Å². The van der Waals surface area contributed by atoms with E-state index in [0.29, 0.717) is 11.3 Å². The highest BCUT2D eigenvalue weighted by molar-refractivity contribution is 6.00. The minimum Gasteiger partial charge on any atom is -0.478 e. The Kier molecular flexibility index (Phi) is 2.64. The Morgan fingerprint density at radius 3 is 2.54 bits per heavy atom. The third-order valence-electron chi connectivity index (χ3n) is 1.68. The first-order valence-electron chi connectivity index (χ1n) is 3.67. The zero-order chi connectivity index (χ0) is 9.84. The van der Waals surface area contributed by atoms with Gasteiger partial charge in [0, 0.05) is 0 Å². The summed E-state index contributed by atoms with van der Waals surface area (Å²) in [6.07, 6.45) is 0. The van der Waals surface area contributed by atoms with E-state index in [4.69, 9.17) is 10.3 Å². The summed E-state index contributed by atoms with van der Waals surface area (Å²) in [7, 11) is 0. The molecule has 0 spiro atoms. The van der Waals surface area contributed by atoms with E-state index in [1.165, 1.54) is 12.1 Å². The number of hydrogen-bond acceptors (Lipinski definition) is 3. The van der Waals surface area contributed by atoms with Crippen molar-refractivity contribution >= 4 is 11.7 Å². The molecule has 0 fully saturated rings. The minimum absolute atomic E-state index is 0.181. The molecule has 0 aromatic heterocycles. The van der Waals surface area contributed by atoms with E-state index in [9.17, 15) is 4.79 Å². The number of oxime groups is 1. The van der Waals surface area contributed by atoms with Crippen molar-refractivity contribution < 1.29 is 15.1 Å². The molecule has 1 aromatic carbocycles. The molecule has 0 aliphatic rings. The van der Waals surface area contributed by atoms with Gasteiger partial charge in [-0.05, 0) is 24.6 Å². The van der Waals surface area contributed by atoms with E-state index >= 15 is 0 Å². The Labute approximate surface area is 75.1 Å². The van der Waals surface area contributed by atoms with Gasteiger partial charge >= 0.3 is 5.97 Å². The second-order valence-corrected chi connectivity index (χ2v) is 2.57. The average molecular weight is 179 g/mol. The Bertz CT molecular complexity index is 358. The second kappa shape index (κ2) is 3.71. The molecule has 0 amide bonds. The lowest BCUT2D eigenvalue weighted by atomic mass is 10.1. The summed E-state index contributed by atoms with van der Waals surface area (Å²) in [6, 6.07) is 6.23. The van der Waals surface area contributed by atoms with Gasteiger partial charge in [-0.2, -0.15) is 0 Å².